The van der Waals surface area contributed by atoms with Crippen molar-refractivity contribution in [2.24, 2.45) is 0 Å². The van der Waals surface area contributed by atoms with E-state index in [1.807, 2.05) is 49.4 Å². The van der Waals surface area contributed by atoms with Crippen molar-refractivity contribution in [2.45, 2.75) is 13.3 Å². The van der Waals surface area contributed by atoms with Crippen LogP contribution in [0.2, 0.25) is 0 Å². The Hall–Kier alpha value is -2.09. The fourth-order valence-corrected chi connectivity index (χ4v) is 1.95. The normalized spacial score (nSPS) is 10.1. The molecule has 18 heavy (non-hydrogen) atoms. The summed E-state index contributed by atoms with van der Waals surface area (Å²) in [4.78, 5) is 12.3. The Balaban J connectivity index is 2.25. The van der Waals surface area contributed by atoms with Gasteiger partial charge in [0, 0.05) is 6.42 Å². The van der Waals surface area contributed by atoms with Crippen molar-refractivity contribution in [2.75, 3.05) is 7.11 Å². The largest absolute Gasteiger partial charge is 0.496 e. The summed E-state index contributed by atoms with van der Waals surface area (Å²) in [5.41, 5.74) is 2.84. The number of para-hydroxylation sites is 1. The third-order valence-electron chi connectivity index (χ3n) is 3.02. The molecule has 0 N–H and O–H groups in total. The number of rotatable bonds is 4. The summed E-state index contributed by atoms with van der Waals surface area (Å²) in [6, 6.07) is 15.3. The molecule has 92 valence electrons. The minimum atomic E-state index is 0.0850. The molecular formula is C16H16O2. The van der Waals surface area contributed by atoms with Gasteiger partial charge in [0.1, 0.15) is 5.75 Å². The molecule has 0 amide bonds. The molecule has 0 radical (unpaired) electrons. The van der Waals surface area contributed by atoms with Crippen LogP contribution in [0.15, 0.2) is 48.5 Å². The van der Waals surface area contributed by atoms with Gasteiger partial charge in [-0.3, -0.25) is 4.79 Å². The average Bonchev–Trinajstić information content (AvgIpc) is 2.41. The number of carbonyl (C=O) groups is 1. The maximum absolute atomic E-state index is 12.3. The lowest BCUT2D eigenvalue weighted by Gasteiger charge is -2.08. The van der Waals surface area contributed by atoms with Crippen molar-refractivity contribution < 1.29 is 9.53 Å². The summed E-state index contributed by atoms with van der Waals surface area (Å²) in [7, 11) is 1.58. The molecule has 0 saturated heterocycles. The molecule has 0 aliphatic heterocycles. The second kappa shape index (κ2) is 5.50. The van der Waals surface area contributed by atoms with E-state index in [2.05, 4.69) is 0 Å². The smallest absolute Gasteiger partial charge is 0.170 e. The summed E-state index contributed by atoms with van der Waals surface area (Å²) in [5, 5.41) is 0. The quantitative estimate of drug-likeness (QED) is 0.765. The number of ketones is 1. The molecule has 2 rings (SSSR count). The average molecular weight is 240 g/mol. The van der Waals surface area contributed by atoms with Gasteiger partial charge in [-0.05, 0) is 30.2 Å². The first-order valence-electron chi connectivity index (χ1n) is 5.93. The highest BCUT2D eigenvalue weighted by Gasteiger charge is 2.12. The van der Waals surface area contributed by atoms with E-state index in [1.54, 1.807) is 13.2 Å². The molecule has 0 aromatic heterocycles. The van der Waals surface area contributed by atoms with Crippen LogP contribution in [0.1, 0.15) is 21.5 Å². The van der Waals surface area contributed by atoms with Crippen molar-refractivity contribution in [1.82, 2.24) is 0 Å². The van der Waals surface area contributed by atoms with Gasteiger partial charge in [-0.15, -0.1) is 0 Å². The molecule has 2 aromatic rings. The van der Waals surface area contributed by atoms with Crippen LogP contribution in [0.4, 0.5) is 0 Å². The molecule has 2 aromatic carbocycles. The summed E-state index contributed by atoms with van der Waals surface area (Å²) >= 11 is 0. The fraction of sp³-hybridized carbons (Fsp3) is 0.188. The number of hydrogen-bond donors (Lipinski definition) is 0. The van der Waals surface area contributed by atoms with Crippen LogP contribution in [0, 0.1) is 6.92 Å². The molecule has 0 unspecified atom stereocenters. The lowest BCUT2D eigenvalue weighted by molar-refractivity contribution is 0.0990. The molecule has 2 nitrogen and oxygen atoms in total. The van der Waals surface area contributed by atoms with Gasteiger partial charge in [-0.1, -0.05) is 36.4 Å². The maximum Gasteiger partial charge on any atom is 0.170 e. The van der Waals surface area contributed by atoms with Gasteiger partial charge in [0.25, 0.3) is 0 Å². The second-order valence-corrected chi connectivity index (χ2v) is 4.23. The summed E-state index contributed by atoms with van der Waals surface area (Å²) < 4.78 is 5.21. The lowest BCUT2D eigenvalue weighted by Crippen LogP contribution is -2.06. The highest BCUT2D eigenvalue weighted by atomic mass is 16.5. The van der Waals surface area contributed by atoms with Crippen molar-refractivity contribution in [3.05, 3.63) is 65.2 Å². The Kier molecular flexibility index (Phi) is 3.78. The van der Waals surface area contributed by atoms with Crippen LogP contribution >= 0.6 is 0 Å². The lowest BCUT2D eigenvalue weighted by atomic mass is 9.99. The van der Waals surface area contributed by atoms with Crippen LogP contribution in [-0.4, -0.2) is 12.9 Å². The van der Waals surface area contributed by atoms with Crippen LogP contribution in [-0.2, 0) is 6.42 Å². The van der Waals surface area contributed by atoms with Gasteiger partial charge < -0.3 is 4.74 Å². The Morgan fingerprint density at radius 2 is 1.72 bits per heavy atom. The predicted molar refractivity (Wildman–Crippen MR) is 72.2 cm³/mol. The number of ether oxygens (including phenoxy) is 1. The molecule has 0 bridgehead atoms. The molecular weight excluding hydrogens is 224 g/mol. The molecule has 0 heterocycles. The third kappa shape index (κ3) is 2.59. The predicted octanol–water partition coefficient (Wildman–Crippen LogP) is 3.43. The summed E-state index contributed by atoms with van der Waals surface area (Å²) in [6.45, 7) is 2.02. The van der Waals surface area contributed by atoms with Crippen LogP contribution in [0.25, 0.3) is 0 Å². The first-order chi connectivity index (χ1) is 8.72. The van der Waals surface area contributed by atoms with Gasteiger partial charge in [-0.25, -0.2) is 0 Å². The zero-order chi connectivity index (χ0) is 13.0. The Morgan fingerprint density at radius 3 is 2.44 bits per heavy atom. The van der Waals surface area contributed by atoms with Gasteiger partial charge in [0.15, 0.2) is 5.78 Å². The maximum atomic E-state index is 12.3. The SMILES string of the molecule is COc1ccccc1C(=O)Cc1ccccc1C. The number of Topliss-reactive ketones (excluding diaryl/α,β-unsaturated/α-hetero) is 1. The van der Waals surface area contributed by atoms with E-state index in [0.717, 1.165) is 11.1 Å². The number of hydrogen-bond acceptors (Lipinski definition) is 2. The van der Waals surface area contributed by atoms with E-state index < -0.39 is 0 Å². The highest BCUT2D eigenvalue weighted by Crippen LogP contribution is 2.20. The zero-order valence-electron chi connectivity index (χ0n) is 10.6. The Morgan fingerprint density at radius 1 is 1.06 bits per heavy atom. The van der Waals surface area contributed by atoms with Crippen LogP contribution in [0.5, 0.6) is 5.75 Å². The molecule has 0 spiro atoms. The first kappa shape index (κ1) is 12.4. The molecule has 2 heteroatoms. The van der Waals surface area contributed by atoms with Gasteiger partial charge in [-0.2, -0.15) is 0 Å². The van der Waals surface area contributed by atoms with Crippen LogP contribution < -0.4 is 4.74 Å². The van der Waals surface area contributed by atoms with Crippen molar-refractivity contribution >= 4 is 5.78 Å². The topological polar surface area (TPSA) is 26.3 Å². The molecule has 0 atom stereocenters. The van der Waals surface area contributed by atoms with E-state index >= 15 is 0 Å². The van der Waals surface area contributed by atoms with Gasteiger partial charge >= 0.3 is 0 Å². The minimum Gasteiger partial charge on any atom is -0.496 e. The van der Waals surface area contributed by atoms with Gasteiger partial charge in [0.2, 0.25) is 0 Å². The number of aryl methyl sites for hydroxylation is 1. The van der Waals surface area contributed by atoms with Crippen molar-refractivity contribution in [3.63, 3.8) is 0 Å². The van der Waals surface area contributed by atoms with Gasteiger partial charge in [0.05, 0.1) is 12.7 Å². The number of methoxy groups -OCH3 is 1. The van der Waals surface area contributed by atoms with Crippen LogP contribution in [0.3, 0.4) is 0 Å². The van der Waals surface area contributed by atoms with E-state index in [-0.39, 0.29) is 5.78 Å². The number of carbonyl (C=O) groups excluding carboxylic acids is 1. The number of benzene rings is 2. The summed E-state index contributed by atoms with van der Waals surface area (Å²) in [5.74, 6) is 0.720. The molecule has 0 saturated carbocycles. The van der Waals surface area contributed by atoms with E-state index in [1.165, 1.54) is 0 Å². The second-order valence-electron chi connectivity index (χ2n) is 4.23. The minimum absolute atomic E-state index is 0.0850. The molecule has 0 aliphatic rings. The first-order valence-corrected chi connectivity index (χ1v) is 5.93. The van der Waals surface area contributed by atoms with E-state index in [9.17, 15) is 4.79 Å². The fourth-order valence-electron chi connectivity index (χ4n) is 1.95. The van der Waals surface area contributed by atoms with Crippen molar-refractivity contribution in [3.8, 4) is 5.75 Å². The Labute approximate surface area is 107 Å². The molecule has 0 aliphatic carbocycles. The van der Waals surface area contributed by atoms with Crippen molar-refractivity contribution in [1.29, 1.82) is 0 Å². The summed E-state index contributed by atoms with van der Waals surface area (Å²) in [6.07, 6.45) is 0.410. The van der Waals surface area contributed by atoms with E-state index in [4.69, 9.17) is 4.74 Å². The highest BCUT2D eigenvalue weighted by molar-refractivity contribution is 6.00. The molecule has 0 fully saturated rings. The Bertz CT molecular complexity index is 559. The zero-order valence-corrected chi connectivity index (χ0v) is 10.6. The standard InChI is InChI=1S/C16H16O2/c1-12-7-3-4-8-13(12)11-15(17)14-9-5-6-10-16(14)18-2/h3-10H,11H2,1-2H3. The third-order valence-corrected chi connectivity index (χ3v) is 3.02. The monoisotopic (exact) mass is 240 g/mol. The van der Waals surface area contributed by atoms with E-state index in [0.29, 0.717) is 17.7 Å².